The Labute approximate surface area is 209 Å². The Bertz CT molecular complexity index is 1280. The van der Waals surface area contributed by atoms with Crippen molar-refractivity contribution in [2.24, 2.45) is 0 Å². The van der Waals surface area contributed by atoms with Crippen LogP contribution in [0.5, 0.6) is 11.5 Å². The standard InChI is InChI=1S/C27H28N4O3S/c1-18-8-10-21(11-9-18)31-24(16-34-23-14-12-22(33-4)13-15-23)29-30-27(31)35-17-25(32)28-26-19(2)6-5-7-20(26)3/h5-15H,16-17H2,1-4H3,(H,28,32). The van der Waals surface area contributed by atoms with Crippen molar-refractivity contribution in [2.45, 2.75) is 32.5 Å². The number of rotatable bonds is 9. The van der Waals surface area contributed by atoms with Crippen LogP contribution in [-0.4, -0.2) is 33.5 Å². The zero-order valence-electron chi connectivity index (χ0n) is 20.2. The van der Waals surface area contributed by atoms with Gasteiger partial charge in [0.25, 0.3) is 0 Å². The Balaban J connectivity index is 1.51. The van der Waals surface area contributed by atoms with Crippen LogP contribution >= 0.6 is 11.8 Å². The van der Waals surface area contributed by atoms with E-state index in [9.17, 15) is 4.79 Å². The maximum absolute atomic E-state index is 12.7. The molecule has 1 amide bonds. The van der Waals surface area contributed by atoms with Crippen LogP contribution in [0.15, 0.2) is 71.9 Å². The van der Waals surface area contributed by atoms with Crippen molar-refractivity contribution in [1.82, 2.24) is 14.8 Å². The minimum atomic E-state index is -0.0955. The van der Waals surface area contributed by atoms with Gasteiger partial charge in [-0.15, -0.1) is 10.2 Å². The zero-order valence-corrected chi connectivity index (χ0v) is 21.1. The SMILES string of the molecule is COc1ccc(OCc2nnc(SCC(=O)Nc3c(C)cccc3C)n2-c2ccc(C)cc2)cc1. The lowest BCUT2D eigenvalue weighted by atomic mass is 10.1. The number of hydrogen-bond donors (Lipinski definition) is 1. The van der Waals surface area contributed by atoms with Crippen molar-refractivity contribution in [3.8, 4) is 17.2 Å². The number of carbonyl (C=O) groups is 1. The molecule has 4 aromatic rings. The number of methoxy groups -OCH3 is 1. The monoisotopic (exact) mass is 488 g/mol. The summed E-state index contributed by atoms with van der Waals surface area (Å²) in [4.78, 5) is 12.7. The number of amides is 1. The molecule has 7 nitrogen and oxygen atoms in total. The third-order valence-corrected chi connectivity index (χ3v) is 6.43. The molecule has 3 aromatic carbocycles. The minimum absolute atomic E-state index is 0.0955. The number of para-hydroxylation sites is 1. The normalized spacial score (nSPS) is 10.7. The molecule has 0 radical (unpaired) electrons. The van der Waals surface area contributed by atoms with Gasteiger partial charge < -0.3 is 14.8 Å². The molecular weight excluding hydrogens is 460 g/mol. The van der Waals surface area contributed by atoms with Crippen LogP contribution in [0, 0.1) is 20.8 Å². The number of anilines is 1. The largest absolute Gasteiger partial charge is 0.497 e. The summed E-state index contributed by atoms with van der Waals surface area (Å²) in [7, 11) is 1.63. The fourth-order valence-electron chi connectivity index (χ4n) is 3.58. The first kappa shape index (κ1) is 24.3. The highest BCUT2D eigenvalue weighted by atomic mass is 32.2. The number of thioether (sulfide) groups is 1. The second kappa shape index (κ2) is 11.1. The van der Waals surface area contributed by atoms with Gasteiger partial charge in [-0.2, -0.15) is 0 Å². The van der Waals surface area contributed by atoms with Crippen molar-refractivity contribution in [3.05, 3.63) is 89.2 Å². The van der Waals surface area contributed by atoms with Gasteiger partial charge in [-0.05, 0) is 68.3 Å². The maximum atomic E-state index is 12.7. The molecule has 0 aliphatic heterocycles. The first-order chi connectivity index (χ1) is 16.9. The van der Waals surface area contributed by atoms with Crippen LogP contribution in [-0.2, 0) is 11.4 Å². The van der Waals surface area contributed by atoms with Crippen LogP contribution in [0.4, 0.5) is 5.69 Å². The average molecular weight is 489 g/mol. The number of carbonyl (C=O) groups excluding carboxylic acids is 1. The molecule has 0 saturated carbocycles. The Morgan fingerprint density at radius 1 is 0.914 bits per heavy atom. The van der Waals surface area contributed by atoms with Gasteiger partial charge in [0, 0.05) is 11.4 Å². The first-order valence-electron chi connectivity index (χ1n) is 11.2. The molecular formula is C27H28N4O3S. The van der Waals surface area contributed by atoms with E-state index in [-0.39, 0.29) is 18.3 Å². The Morgan fingerprint density at radius 3 is 2.23 bits per heavy atom. The fourth-order valence-corrected chi connectivity index (χ4v) is 4.35. The number of ether oxygens (including phenoxy) is 2. The number of benzene rings is 3. The molecule has 0 fully saturated rings. The lowest BCUT2D eigenvalue weighted by Crippen LogP contribution is -2.16. The smallest absolute Gasteiger partial charge is 0.234 e. The van der Waals surface area contributed by atoms with E-state index >= 15 is 0 Å². The molecule has 0 spiro atoms. The van der Waals surface area contributed by atoms with E-state index < -0.39 is 0 Å². The summed E-state index contributed by atoms with van der Waals surface area (Å²) in [6, 6.07) is 21.4. The first-order valence-corrected chi connectivity index (χ1v) is 12.2. The molecule has 180 valence electrons. The van der Waals surface area contributed by atoms with Gasteiger partial charge in [-0.1, -0.05) is 47.7 Å². The van der Waals surface area contributed by atoms with Gasteiger partial charge >= 0.3 is 0 Å². The molecule has 1 aromatic heterocycles. The molecule has 1 heterocycles. The Morgan fingerprint density at radius 2 is 1.57 bits per heavy atom. The third-order valence-electron chi connectivity index (χ3n) is 5.50. The van der Waals surface area contributed by atoms with Crippen molar-refractivity contribution < 1.29 is 14.3 Å². The molecule has 35 heavy (non-hydrogen) atoms. The second-order valence-electron chi connectivity index (χ2n) is 8.14. The summed E-state index contributed by atoms with van der Waals surface area (Å²) >= 11 is 1.34. The summed E-state index contributed by atoms with van der Waals surface area (Å²) in [6.45, 7) is 6.23. The third kappa shape index (κ3) is 6.02. The van der Waals surface area contributed by atoms with Gasteiger partial charge in [0.15, 0.2) is 11.0 Å². The lowest BCUT2D eigenvalue weighted by molar-refractivity contribution is -0.113. The van der Waals surface area contributed by atoms with E-state index in [0.29, 0.717) is 16.7 Å². The number of nitrogens with zero attached hydrogens (tertiary/aromatic N) is 3. The van der Waals surface area contributed by atoms with E-state index in [4.69, 9.17) is 9.47 Å². The summed E-state index contributed by atoms with van der Waals surface area (Å²) in [6.07, 6.45) is 0. The number of hydrogen-bond acceptors (Lipinski definition) is 6. The molecule has 8 heteroatoms. The van der Waals surface area contributed by atoms with Crippen LogP contribution in [0.25, 0.3) is 5.69 Å². The van der Waals surface area contributed by atoms with Crippen molar-refractivity contribution >= 4 is 23.4 Å². The maximum Gasteiger partial charge on any atom is 0.234 e. The fraction of sp³-hybridized carbons (Fsp3) is 0.222. The molecule has 4 rings (SSSR count). The highest BCUT2D eigenvalue weighted by Gasteiger charge is 2.17. The highest BCUT2D eigenvalue weighted by Crippen LogP contribution is 2.25. The van der Waals surface area contributed by atoms with Gasteiger partial charge in [-0.25, -0.2) is 0 Å². The molecule has 0 bridgehead atoms. The summed E-state index contributed by atoms with van der Waals surface area (Å²) in [5.41, 5.74) is 4.98. The van der Waals surface area contributed by atoms with Crippen LogP contribution in [0.2, 0.25) is 0 Å². The van der Waals surface area contributed by atoms with Gasteiger partial charge in [0.05, 0.1) is 12.9 Å². The van der Waals surface area contributed by atoms with E-state index in [1.165, 1.54) is 11.8 Å². The topological polar surface area (TPSA) is 78.3 Å². The van der Waals surface area contributed by atoms with Crippen molar-refractivity contribution in [2.75, 3.05) is 18.2 Å². The van der Waals surface area contributed by atoms with Gasteiger partial charge in [0.1, 0.15) is 18.1 Å². The lowest BCUT2D eigenvalue weighted by Gasteiger charge is -2.13. The predicted molar refractivity (Wildman–Crippen MR) is 139 cm³/mol. The molecule has 0 saturated heterocycles. The second-order valence-corrected chi connectivity index (χ2v) is 9.08. The van der Waals surface area contributed by atoms with Gasteiger partial charge in [-0.3, -0.25) is 9.36 Å². The number of nitrogens with one attached hydrogen (secondary N) is 1. The van der Waals surface area contributed by atoms with Crippen LogP contribution in [0.3, 0.4) is 0 Å². The number of aromatic nitrogens is 3. The molecule has 0 unspecified atom stereocenters. The Hall–Kier alpha value is -3.78. The van der Waals surface area contributed by atoms with Crippen molar-refractivity contribution in [3.63, 3.8) is 0 Å². The summed E-state index contributed by atoms with van der Waals surface area (Å²) < 4.78 is 13.1. The summed E-state index contributed by atoms with van der Waals surface area (Å²) in [5, 5.41) is 12.4. The molecule has 0 aliphatic carbocycles. The quantitative estimate of drug-likeness (QED) is 0.313. The molecule has 1 N–H and O–H groups in total. The highest BCUT2D eigenvalue weighted by molar-refractivity contribution is 7.99. The average Bonchev–Trinajstić information content (AvgIpc) is 3.27. The predicted octanol–water partition coefficient (Wildman–Crippen LogP) is 5.51. The van der Waals surface area contributed by atoms with Crippen LogP contribution < -0.4 is 14.8 Å². The van der Waals surface area contributed by atoms with Crippen LogP contribution in [0.1, 0.15) is 22.5 Å². The van der Waals surface area contributed by atoms with E-state index in [0.717, 1.165) is 33.8 Å². The summed E-state index contributed by atoms with van der Waals surface area (Å²) in [5.74, 6) is 2.21. The van der Waals surface area contributed by atoms with E-state index in [1.54, 1.807) is 7.11 Å². The van der Waals surface area contributed by atoms with Crippen molar-refractivity contribution in [1.29, 1.82) is 0 Å². The van der Waals surface area contributed by atoms with E-state index in [1.807, 2.05) is 92.1 Å². The molecule has 0 aliphatic rings. The van der Waals surface area contributed by atoms with E-state index in [2.05, 4.69) is 15.5 Å². The number of aryl methyl sites for hydroxylation is 3. The zero-order chi connectivity index (χ0) is 24.8. The molecule has 0 atom stereocenters. The Kier molecular flexibility index (Phi) is 7.72. The minimum Gasteiger partial charge on any atom is -0.497 e. The van der Waals surface area contributed by atoms with Gasteiger partial charge in [0.2, 0.25) is 5.91 Å².